The van der Waals surface area contributed by atoms with Crippen LogP contribution in [0.25, 0.3) is 10.4 Å². The quantitative estimate of drug-likeness (QED) is 0.184. The number of ether oxygens (including phenoxy) is 4. The molecule has 37 heavy (non-hydrogen) atoms. The molecule has 194 valence electrons. The van der Waals surface area contributed by atoms with Gasteiger partial charge in [0.05, 0.1) is 17.2 Å². The maximum Gasteiger partial charge on any atom is 0.338 e. The Hall–Kier alpha value is -4.41. The standard InChI is InChI=1S/C25H25N3O9/c1-15(29)34-14-25(33)13-19(27-28-26)20(36-23(31)17-9-5-3-6-10-17)21(22(25)35-16(2)30)37-24(32)18-11-7-4-8-12-18/h3-12,19-22,33H,13-14H2,1-2H3. The average Bonchev–Trinajstić information content (AvgIpc) is 2.88. The number of esters is 4. The summed E-state index contributed by atoms with van der Waals surface area (Å²) in [5.74, 6) is -3.33. The van der Waals surface area contributed by atoms with Crippen LogP contribution in [0.3, 0.4) is 0 Å². The number of hydrogen-bond acceptors (Lipinski definition) is 10. The minimum absolute atomic E-state index is 0.117. The minimum atomic E-state index is -2.16. The van der Waals surface area contributed by atoms with E-state index < -0.39 is 66.9 Å². The van der Waals surface area contributed by atoms with Gasteiger partial charge in [-0.15, -0.1) is 0 Å². The normalized spacial score (nSPS) is 24.6. The number of carbonyl (C=O) groups is 4. The topological polar surface area (TPSA) is 174 Å². The molecule has 0 aliphatic heterocycles. The van der Waals surface area contributed by atoms with Crippen molar-refractivity contribution >= 4 is 23.9 Å². The van der Waals surface area contributed by atoms with E-state index in [2.05, 4.69) is 10.0 Å². The summed E-state index contributed by atoms with van der Waals surface area (Å²) in [5, 5.41) is 15.1. The van der Waals surface area contributed by atoms with Gasteiger partial charge < -0.3 is 24.1 Å². The van der Waals surface area contributed by atoms with Crippen LogP contribution in [0.2, 0.25) is 0 Å². The molecule has 5 unspecified atom stereocenters. The van der Waals surface area contributed by atoms with Crippen LogP contribution in [0.4, 0.5) is 0 Å². The largest absolute Gasteiger partial charge is 0.463 e. The lowest BCUT2D eigenvalue weighted by Crippen LogP contribution is -2.67. The molecule has 0 saturated heterocycles. The first-order valence-corrected chi connectivity index (χ1v) is 11.2. The van der Waals surface area contributed by atoms with E-state index in [4.69, 9.17) is 18.9 Å². The number of nitrogens with zero attached hydrogens (tertiary/aromatic N) is 3. The fraction of sp³-hybridized carbons (Fsp3) is 0.360. The predicted molar refractivity (Wildman–Crippen MR) is 126 cm³/mol. The number of azide groups is 1. The van der Waals surface area contributed by atoms with E-state index in [9.17, 15) is 29.8 Å². The van der Waals surface area contributed by atoms with Crippen molar-refractivity contribution in [3.63, 3.8) is 0 Å². The van der Waals surface area contributed by atoms with Crippen LogP contribution in [0.5, 0.6) is 0 Å². The second kappa shape index (κ2) is 12.0. The number of carbonyl (C=O) groups excluding carboxylic acids is 4. The van der Waals surface area contributed by atoms with Crippen molar-refractivity contribution < 1.29 is 43.2 Å². The van der Waals surface area contributed by atoms with Crippen molar-refractivity contribution in [2.45, 2.75) is 50.2 Å². The van der Waals surface area contributed by atoms with Crippen LogP contribution in [0.1, 0.15) is 41.0 Å². The smallest absolute Gasteiger partial charge is 0.338 e. The molecule has 0 bridgehead atoms. The second-order valence-electron chi connectivity index (χ2n) is 8.36. The molecule has 0 heterocycles. The van der Waals surface area contributed by atoms with E-state index >= 15 is 0 Å². The van der Waals surface area contributed by atoms with E-state index in [1.54, 1.807) is 36.4 Å². The monoisotopic (exact) mass is 511 g/mol. The van der Waals surface area contributed by atoms with Gasteiger partial charge in [-0.3, -0.25) is 9.59 Å². The first kappa shape index (κ1) is 27.2. The van der Waals surface area contributed by atoms with E-state index in [0.717, 1.165) is 13.8 Å². The number of rotatable bonds is 8. The molecule has 2 aromatic rings. The van der Waals surface area contributed by atoms with E-state index in [0.29, 0.717) is 0 Å². The Morgan fingerprint density at radius 3 is 1.86 bits per heavy atom. The molecule has 1 N–H and O–H groups in total. The van der Waals surface area contributed by atoms with Crippen molar-refractivity contribution in [2.75, 3.05) is 6.61 Å². The second-order valence-corrected chi connectivity index (χ2v) is 8.36. The SMILES string of the molecule is CC(=O)OCC1(O)CC(N=[N+]=[N-])C(OC(=O)c2ccccc2)C(OC(=O)c2ccccc2)C1OC(C)=O. The molecule has 2 aromatic carbocycles. The van der Waals surface area contributed by atoms with E-state index in [1.165, 1.54) is 24.3 Å². The van der Waals surface area contributed by atoms with Crippen molar-refractivity contribution in [3.05, 3.63) is 82.2 Å². The Kier molecular flexibility index (Phi) is 8.83. The first-order chi connectivity index (χ1) is 17.6. The third-order valence-electron chi connectivity index (χ3n) is 5.62. The maximum absolute atomic E-state index is 13.0. The Labute approximate surface area is 211 Å². The highest BCUT2D eigenvalue weighted by atomic mass is 16.6. The van der Waals surface area contributed by atoms with Gasteiger partial charge in [0.1, 0.15) is 12.2 Å². The van der Waals surface area contributed by atoms with Gasteiger partial charge in [-0.25, -0.2) is 9.59 Å². The molecule has 5 atom stereocenters. The minimum Gasteiger partial charge on any atom is -0.463 e. The van der Waals surface area contributed by atoms with E-state index in [1.807, 2.05) is 0 Å². The summed E-state index contributed by atoms with van der Waals surface area (Å²) in [4.78, 5) is 52.2. The molecule has 12 heteroatoms. The fourth-order valence-corrected chi connectivity index (χ4v) is 3.99. The van der Waals surface area contributed by atoms with Crippen molar-refractivity contribution in [1.82, 2.24) is 0 Å². The fourth-order valence-electron chi connectivity index (χ4n) is 3.99. The third kappa shape index (κ3) is 6.84. The number of hydrogen-bond donors (Lipinski definition) is 1. The van der Waals surface area contributed by atoms with Gasteiger partial charge in [0.15, 0.2) is 18.3 Å². The van der Waals surface area contributed by atoms with Gasteiger partial charge in [-0.1, -0.05) is 41.5 Å². The van der Waals surface area contributed by atoms with Crippen LogP contribution >= 0.6 is 0 Å². The molecule has 0 spiro atoms. The summed E-state index contributed by atoms with van der Waals surface area (Å²) in [6, 6.07) is 14.4. The zero-order valence-electron chi connectivity index (χ0n) is 20.1. The summed E-state index contributed by atoms with van der Waals surface area (Å²) >= 11 is 0. The van der Waals surface area contributed by atoms with E-state index in [-0.39, 0.29) is 11.1 Å². The van der Waals surface area contributed by atoms with Crippen LogP contribution in [-0.4, -0.2) is 65.5 Å². The molecule has 12 nitrogen and oxygen atoms in total. The van der Waals surface area contributed by atoms with Crippen LogP contribution in [0.15, 0.2) is 65.8 Å². The van der Waals surface area contributed by atoms with Crippen LogP contribution < -0.4 is 0 Å². The summed E-state index contributed by atoms with van der Waals surface area (Å²) in [6.07, 6.45) is -5.22. The highest BCUT2D eigenvalue weighted by Crippen LogP contribution is 2.38. The molecule has 0 radical (unpaired) electrons. The molecule has 0 aromatic heterocycles. The average molecular weight is 511 g/mol. The molecule has 3 rings (SSSR count). The molecular formula is C25H25N3O9. The van der Waals surface area contributed by atoms with Crippen LogP contribution in [-0.2, 0) is 28.5 Å². The van der Waals surface area contributed by atoms with Crippen molar-refractivity contribution in [3.8, 4) is 0 Å². The number of benzene rings is 2. The molecule has 1 aliphatic carbocycles. The Morgan fingerprint density at radius 2 is 1.41 bits per heavy atom. The first-order valence-electron chi connectivity index (χ1n) is 11.2. The molecule has 1 fully saturated rings. The van der Waals surface area contributed by atoms with Gasteiger partial charge in [0.2, 0.25) is 0 Å². The van der Waals surface area contributed by atoms with Gasteiger partial charge in [0, 0.05) is 18.8 Å². The van der Waals surface area contributed by atoms with Gasteiger partial charge >= 0.3 is 23.9 Å². The number of aliphatic hydroxyl groups is 1. The summed E-state index contributed by atoms with van der Waals surface area (Å²) in [7, 11) is 0. The Morgan fingerprint density at radius 1 is 0.892 bits per heavy atom. The zero-order chi connectivity index (χ0) is 27.0. The molecule has 1 saturated carbocycles. The molecular weight excluding hydrogens is 486 g/mol. The lowest BCUT2D eigenvalue weighted by molar-refractivity contribution is -0.224. The lowest BCUT2D eigenvalue weighted by atomic mass is 9.76. The highest BCUT2D eigenvalue weighted by molar-refractivity contribution is 5.90. The van der Waals surface area contributed by atoms with Crippen molar-refractivity contribution in [2.24, 2.45) is 5.11 Å². The predicted octanol–water partition coefficient (Wildman–Crippen LogP) is 2.75. The van der Waals surface area contributed by atoms with Gasteiger partial charge in [-0.05, 0) is 36.2 Å². The van der Waals surface area contributed by atoms with Crippen LogP contribution in [0, 0.1) is 0 Å². The Balaban J connectivity index is 2.08. The highest BCUT2D eigenvalue weighted by Gasteiger charge is 2.58. The third-order valence-corrected chi connectivity index (χ3v) is 5.62. The van der Waals surface area contributed by atoms with Crippen molar-refractivity contribution in [1.29, 1.82) is 0 Å². The zero-order valence-corrected chi connectivity index (χ0v) is 20.1. The summed E-state index contributed by atoms with van der Waals surface area (Å²) in [5.41, 5.74) is 7.30. The summed E-state index contributed by atoms with van der Waals surface area (Å²) < 4.78 is 21.6. The van der Waals surface area contributed by atoms with Gasteiger partial charge in [-0.2, -0.15) is 0 Å². The summed E-state index contributed by atoms with van der Waals surface area (Å²) in [6.45, 7) is 1.48. The molecule has 0 amide bonds. The lowest BCUT2D eigenvalue weighted by Gasteiger charge is -2.47. The Bertz CT molecular complexity index is 1180. The molecule has 1 aliphatic rings. The van der Waals surface area contributed by atoms with Gasteiger partial charge in [0.25, 0.3) is 0 Å². The maximum atomic E-state index is 13.0.